The van der Waals surface area contributed by atoms with Gasteiger partial charge in [-0.25, -0.2) is 8.78 Å². The molecule has 0 atom stereocenters. The zero-order valence-electron chi connectivity index (χ0n) is 7.47. The monoisotopic (exact) mass is 192 g/mol. The van der Waals surface area contributed by atoms with Crippen LogP contribution in [0.15, 0.2) is 0 Å². The molecule has 0 aromatic heterocycles. The second-order valence-corrected chi connectivity index (χ2v) is 3.36. The summed E-state index contributed by atoms with van der Waals surface area (Å²) < 4.78 is 27.8. The molecule has 13 heavy (non-hydrogen) atoms. The highest BCUT2D eigenvalue weighted by Crippen LogP contribution is 2.24. The summed E-state index contributed by atoms with van der Waals surface area (Å²) in [6.45, 7) is -0.755. The van der Waals surface area contributed by atoms with Crippen molar-refractivity contribution >= 4 is 5.97 Å². The molecule has 0 saturated heterocycles. The van der Waals surface area contributed by atoms with Crippen molar-refractivity contribution in [3.05, 3.63) is 0 Å². The van der Waals surface area contributed by atoms with Gasteiger partial charge < -0.3 is 4.74 Å². The minimum Gasteiger partial charge on any atom is -0.459 e. The number of carbonyl (C=O) groups is 1. The fraction of sp³-hybridized carbons (Fsp3) is 0.889. The van der Waals surface area contributed by atoms with Gasteiger partial charge in [-0.3, -0.25) is 4.79 Å². The Hall–Kier alpha value is -0.670. The summed E-state index contributed by atoms with van der Waals surface area (Å²) in [6, 6.07) is 0. The lowest BCUT2D eigenvalue weighted by molar-refractivity contribution is -0.153. The van der Waals surface area contributed by atoms with E-state index in [1.807, 2.05) is 0 Å². The second kappa shape index (κ2) is 5.14. The van der Waals surface area contributed by atoms with Crippen LogP contribution in [0.4, 0.5) is 8.78 Å². The molecule has 1 rings (SSSR count). The molecule has 1 aliphatic carbocycles. The molecule has 0 heterocycles. The minimum atomic E-state index is -2.55. The topological polar surface area (TPSA) is 26.3 Å². The molecule has 0 spiro atoms. The zero-order chi connectivity index (χ0) is 9.68. The molecule has 0 bridgehead atoms. The molecule has 0 unspecified atom stereocenters. The van der Waals surface area contributed by atoms with Crippen molar-refractivity contribution < 1.29 is 18.3 Å². The van der Waals surface area contributed by atoms with E-state index < -0.39 is 19.0 Å². The summed E-state index contributed by atoms with van der Waals surface area (Å²) in [5.74, 6) is -0.576. The first-order valence-corrected chi connectivity index (χ1v) is 4.65. The van der Waals surface area contributed by atoms with Crippen LogP contribution in [0.3, 0.4) is 0 Å². The molecule has 0 N–H and O–H groups in total. The number of halogens is 2. The van der Waals surface area contributed by atoms with E-state index in [-0.39, 0.29) is 5.92 Å². The van der Waals surface area contributed by atoms with Crippen molar-refractivity contribution in [1.82, 2.24) is 0 Å². The van der Waals surface area contributed by atoms with Crippen molar-refractivity contribution in [1.29, 1.82) is 0 Å². The molecule has 0 aliphatic heterocycles. The van der Waals surface area contributed by atoms with Crippen LogP contribution in [0, 0.1) is 5.92 Å². The van der Waals surface area contributed by atoms with Gasteiger partial charge in [-0.1, -0.05) is 19.3 Å². The van der Waals surface area contributed by atoms with Gasteiger partial charge in [0, 0.05) is 0 Å². The maximum atomic E-state index is 11.7. The average Bonchev–Trinajstić information content (AvgIpc) is 2.15. The lowest BCUT2D eigenvalue weighted by Gasteiger charge is -2.19. The lowest BCUT2D eigenvalue weighted by atomic mass is 9.89. The fourth-order valence-corrected chi connectivity index (χ4v) is 1.60. The van der Waals surface area contributed by atoms with Crippen LogP contribution < -0.4 is 0 Å². The predicted molar refractivity (Wildman–Crippen MR) is 43.5 cm³/mol. The Bertz CT molecular complexity index is 165. The van der Waals surface area contributed by atoms with E-state index in [4.69, 9.17) is 0 Å². The first-order chi connectivity index (χ1) is 6.20. The van der Waals surface area contributed by atoms with Gasteiger partial charge in [0.1, 0.15) is 0 Å². The van der Waals surface area contributed by atoms with E-state index in [0.717, 1.165) is 32.1 Å². The van der Waals surface area contributed by atoms with Crippen LogP contribution >= 0.6 is 0 Å². The Kier molecular flexibility index (Phi) is 4.12. The number of esters is 1. The van der Waals surface area contributed by atoms with Crippen molar-refractivity contribution in [3.8, 4) is 0 Å². The van der Waals surface area contributed by atoms with Crippen molar-refractivity contribution in [2.75, 3.05) is 6.61 Å². The van der Waals surface area contributed by atoms with Gasteiger partial charge in [0.15, 0.2) is 6.61 Å². The number of alkyl halides is 2. The average molecular weight is 192 g/mol. The molecular weight excluding hydrogens is 178 g/mol. The standard InChI is InChI=1S/C9H14F2O2/c10-8(11)6-13-9(12)7-4-2-1-3-5-7/h7-8H,1-6H2. The Labute approximate surface area is 76.3 Å². The van der Waals surface area contributed by atoms with Crippen LogP contribution in [0.25, 0.3) is 0 Å². The summed E-state index contributed by atoms with van der Waals surface area (Å²) in [4.78, 5) is 11.1. The Morgan fingerprint density at radius 2 is 1.92 bits per heavy atom. The summed E-state index contributed by atoms with van der Waals surface area (Å²) in [6.07, 6.45) is 2.19. The van der Waals surface area contributed by atoms with E-state index >= 15 is 0 Å². The largest absolute Gasteiger partial charge is 0.459 e. The highest BCUT2D eigenvalue weighted by Gasteiger charge is 2.23. The van der Waals surface area contributed by atoms with Gasteiger partial charge in [0.05, 0.1) is 5.92 Å². The quantitative estimate of drug-likeness (QED) is 0.642. The molecule has 0 aromatic rings. The van der Waals surface area contributed by atoms with E-state index in [2.05, 4.69) is 4.74 Å². The summed E-state index contributed by atoms with van der Waals surface area (Å²) >= 11 is 0. The van der Waals surface area contributed by atoms with Crippen LogP contribution in [0.1, 0.15) is 32.1 Å². The maximum Gasteiger partial charge on any atom is 0.309 e. The van der Waals surface area contributed by atoms with Gasteiger partial charge in [-0.15, -0.1) is 0 Å². The second-order valence-electron chi connectivity index (χ2n) is 3.36. The lowest BCUT2D eigenvalue weighted by Crippen LogP contribution is -2.22. The van der Waals surface area contributed by atoms with Crippen LogP contribution in [-0.4, -0.2) is 19.0 Å². The Morgan fingerprint density at radius 1 is 1.31 bits per heavy atom. The van der Waals surface area contributed by atoms with Crippen LogP contribution in [0.2, 0.25) is 0 Å². The minimum absolute atomic E-state index is 0.132. The molecule has 2 nitrogen and oxygen atoms in total. The van der Waals surface area contributed by atoms with Crippen LogP contribution in [0.5, 0.6) is 0 Å². The highest BCUT2D eigenvalue weighted by molar-refractivity contribution is 5.72. The number of hydrogen-bond acceptors (Lipinski definition) is 2. The SMILES string of the molecule is O=C(OCC(F)F)C1CCCCC1. The smallest absolute Gasteiger partial charge is 0.309 e. The zero-order valence-corrected chi connectivity index (χ0v) is 7.47. The van der Waals surface area contributed by atoms with Gasteiger partial charge in [0.25, 0.3) is 6.43 Å². The van der Waals surface area contributed by atoms with Gasteiger partial charge in [-0.2, -0.15) is 0 Å². The van der Waals surface area contributed by atoms with Crippen LogP contribution in [-0.2, 0) is 9.53 Å². The van der Waals surface area contributed by atoms with E-state index in [1.165, 1.54) is 0 Å². The van der Waals surface area contributed by atoms with Crippen molar-refractivity contribution in [3.63, 3.8) is 0 Å². The van der Waals surface area contributed by atoms with E-state index in [1.54, 1.807) is 0 Å². The Balaban J connectivity index is 2.21. The van der Waals surface area contributed by atoms with Crippen molar-refractivity contribution in [2.24, 2.45) is 5.92 Å². The van der Waals surface area contributed by atoms with E-state index in [9.17, 15) is 13.6 Å². The first kappa shape index (κ1) is 10.4. The third-order valence-electron chi connectivity index (χ3n) is 2.29. The molecule has 0 amide bonds. The van der Waals surface area contributed by atoms with Gasteiger partial charge >= 0.3 is 5.97 Å². The molecule has 76 valence electrons. The summed E-state index contributed by atoms with van der Waals surface area (Å²) in [5.41, 5.74) is 0. The third-order valence-corrected chi connectivity index (χ3v) is 2.29. The molecule has 1 aliphatic rings. The van der Waals surface area contributed by atoms with Gasteiger partial charge in [-0.05, 0) is 12.8 Å². The van der Waals surface area contributed by atoms with Gasteiger partial charge in [0.2, 0.25) is 0 Å². The first-order valence-electron chi connectivity index (χ1n) is 4.65. The number of hydrogen-bond donors (Lipinski definition) is 0. The molecule has 1 fully saturated rings. The van der Waals surface area contributed by atoms with E-state index in [0.29, 0.717) is 0 Å². The number of carbonyl (C=O) groups excluding carboxylic acids is 1. The summed E-state index contributed by atoms with van der Waals surface area (Å²) in [7, 11) is 0. The molecule has 4 heteroatoms. The summed E-state index contributed by atoms with van der Waals surface area (Å²) in [5, 5.41) is 0. The normalized spacial score (nSPS) is 19.0. The number of ether oxygens (including phenoxy) is 1. The predicted octanol–water partition coefficient (Wildman–Crippen LogP) is 2.38. The number of rotatable bonds is 3. The van der Waals surface area contributed by atoms with Crippen molar-refractivity contribution in [2.45, 2.75) is 38.5 Å². The molecule has 0 aromatic carbocycles. The molecular formula is C9H14F2O2. The Morgan fingerprint density at radius 3 is 2.46 bits per heavy atom. The molecule has 0 radical (unpaired) electrons. The fourth-order valence-electron chi connectivity index (χ4n) is 1.60. The third kappa shape index (κ3) is 3.70. The highest BCUT2D eigenvalue weighted by atomic mass is 19.3. The maximum absolute atomic E-state index is 11.7. The molecule has 1 saturated carbocycles.